The number of aromatic hydroxyl groups is 2. The number of aromatic carboxylic acids is 1. The molecule has 0 aliphatic rings. The van der Waals surface area contributed by atoms with Crippen LogP contribution in [0.4, 0.5) is 10.1 Å². The van der Waals surface area contributed by atoms with Crippen LogP contribution in [0.5, 0.6) is 11.5 Å². The second-order valence-electron chi connectivity index (χ2n) is 4.58. The molecule has 21 heavy (non-hydrogen) atoms. The lowest BCUT2D eigenvalue weighted by molar-refractivity contribution is 0.0697. The molecule has 110 valence electrons. The second kappa shape index (κ2) is 5.70. The molecule has 0 bridgehead atoms. The Kier molecular flexibility index (Phi) is 3.98. The van der Waals surface area contributed by atoms with Gasteiger partial charge in [-0.3, -0.25) is 0 Å². The lowest BCUT2D eigenvalue weighted by atomic mass is 10.1. The average Bonchev–Trinajstić information content (AvgIpc) is 2.40. The highest BCUT2D eigenvalue weighted by Gasteiger charge is 2.17. The van der Waals surface area contributed by atoms with Gasteiger partial charge in [0.1, 0.15) is 17.3 Å². The van der Waals surface area contributed by atoms with E-state index in [2.05, 4.69) is 5.32 Å². The Labute approximate surface area is 120 Å². The van der Waals surface area contributed by atoms with Crippen molar-refractivity contribution in [1.29, 1.82) is 0 Å². The molecule has 5 nitrogen and oxygen atoms in total. The van der Waals surface area contributed by atoms with Crippen molar-refractivity contribution in [1.82, 2.24) is 0 Å². The van der Waals surface area contributed by atoms with Crippen molar-refractivity contribution in [3.8, 4) is 11.5 Å². The summed E-state index contributed by atoms with van der Waals surface area (Å²) in [5.74, 6) is -2.06. The first-order valence-corrected chi connectivity index (χ1v) is 6.20. The standard InChI is InChI=1S/C15H14FNO4/c1-8(14-12(18)3-2-4-13(14)19)17-11-7-9(15(20)21)5-6-10(11)16/h2-8,17-19H,1H3,(H,20,21). The molecule has 0 saturated carbocycles. The van der Waals surface area contributed by atoms with E-state index in [1.165, 1.54) is 18.2 Å². The molecule has 1 atom stereocenters. The maximum Gasteiger partial charge on any atom is 0.335 e. The molecular formula is C15H14FNO4. The fourth-order valence-electron chi connectivity index (χ4n) is 2.06. The predicted octanol–water partition coefficient (Wildman–Crippen LogP) is 3.11. The highest BCUT2D eigenvalue weighted by Crippen LogP contribution is 2.34. The maximum atomic E-state index is 13.7. The number of carboxylic acids is 1. The maximum absolute atomic E-state index is 13.7. The molecule has 6 heteroatoms. The van der Waals surface area contributed by atoms with E-state index in [1.807, 2.05) is 0 Å². The van der Waals surface area contributed by atoms with Gasteiger partial charge in [0, 0.05) is 0 Å². The van der Waals surface area contributed by atoms with Gasteiger partial charge in [-0.1, -0.05) is 6.07 Å². The Morgan fingerprint density at radius 2 is 1.81 bits per heavy atom. The molecule has 0 aliphatic heterocycles. The van der Waals surface area contributed by atoms with Gasteiger partial charge in [-0.2, -0.15) is 0 Å². The second-order valence-corrected chi connectivity index (χ2v) is 4.58. The smallest absolute Gasteiger partial charge is 0.335 e. The third kappa shape index (κ3) is 3.05. The summed E-state index contributed by atoms with van der Waals surface area (Å²) in [5, 5.41) is 31.2. The molecule has 1 unspecified atom stereocenters. The van der Waals surface area contributed by atoms with E-state index in [-0.39, 0.29) is 28.3 Å². The molecule has 0 fully saturated rings. The summed E-state index contributed by atoms with van der Waals surface area (Å²) in [7, 11) is 0. The number of halogens is 1. The van der Waals surface area contributed by atoms with Crippen LogP contribution in [0.2, 0.25) is 0 Å². The lowest BCUT2D eigenvalue weighted by Gasteiger charge is -2.18. The molecule has 0 aromatic heterocycles. The first-order chi connectivity index (χ1) is 9.90. The molecule has 2 rings (SSSR count). The normalized spacial score (nSPS) is 11.9. The van der Waals surface area contributed by atoms with E-state index >= 15 is 0 Å². The largest absolute Gasteiger partial charge is 0.507 e. The van der Waals surface area contributed by atoms with Crippen LogP contribution >= 0.6 is 0 Å². The number of carboxylic acid groups (broad SMARTS) is 1. The van der Waals surface area contributed by atoms with Crippen LogP contribution in [0, 0.1) is 5.82 Å². The van der Waals surface area contributed by atoms with Gasteiger partial charge < -0.3 is 20.6 Å². The van der Waals surface area contributed by atoms with E-state index in [0.29, 0.717) is 0 Å². The molecule has 2 aromatic carbocycles. The Morgan fingerprint density at radius 1 is 1.19 bits per heavy atom. The van der Waals surface area contributed by atoms with Crippen LogP contribution in [-0.4, -0.2) is 21.3 Å². The summed E-state index contributed by atoms with van der Waals surface area (Å²) in [5.41, 5.74) is 0.121. The van der Waals surface area contributed by atoms with E-state index in [1.54, 1.807) is 6.92 Å². The average molecular weight is 291 g/mol. The van der Waals surface area contributed by atoms with Crippen LogP contribution in [0.15, 0.2) is 36.4 Å². The van der Waals surface area contributed by atoms with Gasteiger partial charge in [-0.25, -0.2) is 9.18 Å². The van der Waals surface area contributed by atoms with Crippen molar-refractivity contribution in [2.24, 2.45) is 0 Å². The van der Waals surface area contributed by atoms with Crippen LogP contribution in [0.25, 0.3) is 0 Å². The minimum absolute atomic E-state index is 0.0231. The molecule has 2 aromatic rings. The van der Waals surface area contributed by atoms with Gasteiger partial charge in [0.05, 0.1) is 22.9 Å². The number of rotatable bonds is 4. The van der Waals surface area contributed by atoms with E-state index in [4.69, 9.17) is 5.11 Å². The molecule has 0 aliphatic carbocycles. The van der Waals surface area contributed by atoms with Gasteiger partial charge in [0.25, 0.3) is 0 Å². The number of hydrogen-bond acceptors (Lipinski definition) is 4. The Hall–Kier alpha value is -2.76. The van der Waals surface area contributed by atoms with Crippen LogP contribution in [0.3, 0.4) is 0 Å². The number of phenolic OH excluding ortho intramolecular Hbond substituents is 2. The third-order valence-electron chi connectivity index (χ3n) is 3.08. The van der Waals surface area contributed by atoms with Crippen LogP contribution < -0.4 is 5.32 Å². The molecule has 0 amide bonds. The van der Waals surface area contributed by atoms with Gasteiger partial charge in [0.15, 0.2) is 0 Å². The van der Waals surface area contributed by atoms with E-state index < -0.39 is 17.8 Å². The summed E-state index contributed by atoms with van der Waals surface area (Å²) in [6.07, 6.45) is 0. The molecule has 0 heterocycles. The summed E-state index contributed by atoms with van der Waals surface area (Å²) in [6, 6.07) is 7.02. The monoisotopic (exact) mass is 291 g/mol. The summed E-state index contributed by atoms with van der Waals surface area (Å²) in [4.78, 5) is 10.9. The number of carbonyl (C=O) groups is 1. The van der Waals surface area contributed by atoms with Crippen molar-refractivity contribution in [3.05, 3.63) is 53.3 Å². The van der Waals surface area contributed by atoms with Crippen molar-refractivity contribution >= 4 is 11.7 Å². The highest BCUT2D eigenvalue weighted by molar-refractivity contribution is 5.88. The zero-order chi connectivity index (χ0) is 15.6. The SMILES string of the molecule is CC(Nc1cc(C(=O)O)ccc1F)c1c(O)cccc1O. The lowest BCUT2D eigenvalue weighted by Crippen LogP contribution is -2.09. The minimum Gasteiger partial charge on any atom is -0.507 e. The number of phenols is 2. The van der Waals surface area contributed by atoms with Gasteiger partial charge >= 0.3 is 5.97 Å². The van der Waals surface area contributed by atoms with Crippen LogP contribution in [0.1, 0.15) is 28.9 Å². The zero-order valence-corrected chi connectivity index (χ0v) is 11.2. The molecular weight excluding hydrogens is 277 g/mol. The molecule has 4 N–H and O–H groups in total. The zero-order valence-electron chi connectivity index (χ0n) is 11.2. The molecule has 0 spiro atoms. The fraction of sp³-hybridized carbons (Fsp3) is 0.133. The Morgan fingerprint density at radius 3 is 2.38 bits per heavy atom. The Balaban J connectivity index is 2.33. The first kappa shape index (κ1) is 14.6. The first-order valence-electron chi connectivity index (χ1n) is 6.20. The van der Waals surface area contributed by atoms with Gasteiger partial charge in [-0.05, 0) is 37.3 Å². The Bertz CT molecular complexity index is 667. The molecule has 0 saturated heterocycles. The van der Waals surface area contributed by atoms with E-state index in [0.717, 1.165) is 18.2 Å². The van der Waals surface area contributed by atoms with Crippen molar-refractivity contribution < 1.29 is 24.5 Å². The van der Waals surface area contributed by atoms with E-state index in [9.17, 15) is 19.4 Å². The molecule has 0 radical (unpaired) electrons. The van der Waals surface area contributed by atoms with Crippen molar-refractivity contribution in [3.63, 3.8) is 0 Å². The minimum atomic E-state index is -1.17. The summed E-state index contributed by atoms with van der Waals surface area (Å²) < 4.78 is 13.7. The van der Waals surface area contributed by atoms with Crippen LogP contribution in [-0.2, 0) is 0 Å². The summed E-state index contributed by atoms with van der Waals surface area (Å²) in [6.45, 7) is 1.61. The third-order valence-corrected chi connectivity index (χ3v) is 3.08. The van der Waals surface area contributed by atoms with Crippen molar-refractivity contribution in [2.45, 2.75) is 13.0 Å². The topological polar surface area (TPSA) is 89.8 Å². The quantitative estimate of drug-likeness (QED) is 0.695. The highest BCUT2D eigenvalue weighted by atomic mass is 19.1. The number of anilines is 1. The van der Waals surface area contributed by atoms with Gasteiger partial charge in [-0.15, -0.1) is 0 Å². The predicted molar refractivity (Wildman–Crippen MR) is 75.2 cm³/mol. The fourth-order valence-corrected chi connectivity index (χ4v) is 2.06. The number of benzene rings is 2. The summed E-state index contributed by atoms with van der Waals surface area (Å²) >= 11 is 0. The number of hydrogen-bond donors (Lipinski definition) is 4. The van der Waals surface area contributed by atoms with Gasteiger partial charge in [0.2, 0.25) is 0 Å². The number of nitrogens with one attached hydrogen (secondary N) is 1. The van der Waals surface area contributed by atoms with Crippen molar-refractivity contribution in [2.75, 3.05) is 5.32 Å².